The summed E-state index contributed by atoms with van der Waals surface area (Å²) in [6, 6.07) is 13.8. The average molecular weight is 494 g/mol. The smallest absolute Gasteiger partial charge is 0.242 e. The molecular formula is C24H32ClN3O4S. The van der Waals surface area contributed by atoms with E-state index in [9.17, 15) is 18.0 Å². The van der Waals surface area contributed by atoms with Gasteiger partial charge in [0.15, 0.2) is 0 Å². The highest BCUT2D eigenvalue weighted by Gasteiger charge is 2.26. The van der Waals surface area contributed by atoms with Crippen LogP contribution in [0.5, 0.6) is 0 Å². The summed E-state index contributed by atoms with van der Waals surface area (Å²) in [6.45, 7) is 4.12. The number of sulfonamides is 1. The van der Waals surface area contributed by atoms with E-state index >= 15 is 0 Å². The van der Waals surface area contributed by atoms with Crippen molar-refractivity contribution in [2.45, 2.75) is 45.7 Å². The molecule has 7 nitrogen and oxygen atoms in total. The third-order valence-corrected chi connectivity index (χ3v) is 6.91. The maximum absolute atomic E-state index is 13.1. The van der Waals surface area contributed by atoms with Gasteiger partial charge in [-0.1, -0.05) is 42.8 Å². The molecule has 180 valence electrons. The summed E-state index contributed by atoms with van der Waals surface area (Å²) in [7, 11) is -1.98. The number of carbonyl (C=O) groups is 2. The predicted molar refractivity (Wildman–Crippen MR) is 133 cm³/mol. The Labute approximate surface area is 201 Å². The summed E-state index contributed by atoms with van der Waals surface area (Å²) in [4.78, 5) is 26.8. The molecule has 2 aromatic rings. The molecule has 2 aromatic carbocycles. The largest absolute Gasteiger partial charge is 0.357 e. The molecule has 0 bridgehead atoms. The lowest BCUT2D eigenvalue weighted by Gasteiger charge is -2.29. The molecule has 2 rings (SSSR count). The second kappa shape index (κ2) is 12.0. The molecular weight excluding hydrogens is 462 g/mol. The number of nitrogens with one attached hydrogen (secondary N) is 1. The first-order valence-corrected chi connectivity index (χ1v) is 13.1. The van der Waals surface area contributed by atoms with Crippen LogP contribution < -0.4 is 9.62 Å². The number of rotatable bonds is 11. The van der Waals surface area contributed by atoms with E-state index in [1.54, 1.807) is 31.2 Å². The molecule has 0 aliphatic heterocycles. The molecule has 0 unspecified atom stereocenters. The Kier molecular flexibility index (Phi) is 9.73. The summed E-state index contributed by atoms with van der Waals surface area (Å²) < 4.78 is 26.0. The highest BCUT2D eigenvalue weighted by atomic mass is 35.5. The van der Waals surface area contributed by atoms with Crippen LogP contribution in [-0.4, -0.2) is 51.0 Å². The Hall–Kier alpha value is -2.58. The Bertz CT molecular complexity index is 1040. The van der Waals surface area contributed by atoms with Crippen molar-refractivity contribution < 1.29 is 18.0 Å². The number of likely N-dealkylation sites (N-methyl/N-ethyl adjacent to an activating group) is 1. The van der Waals surface area contributed by atoms with Crippen molar-refractivity contribution in [3.8, 4) is 0 Å². The van der Waals surface area contributed by atoms with Gasteiger partial charge in [-0.3, -0.25) is 13.9 Å². The molecule has 0 radical (unpaired) electrons. The molecule has 0 saturated heterocycles. The number of anilines is 1. The van der Waals surface area contributed by atoms with Crippen LogP contribution in [0.15, 0.2) is 48.5 Å². The van der Waals surface area contributed by atoms with Gasteiger partial charge >= 0.3 is 0 Å². The van der Waals surface area contributed by atoms with Crippen LogP contribution in [0.4, 0.5) is 5.69 Å². The third-order valence-electron chi connectivity index (χ3n) is 5.46. The Balaban J connectivity index is 2.12. The number of carbonyl (C=O) groups excluding carboxylic acids is 2. The van der Waals surface area contributed by atoms with E-state index in [1.165, 1.54) is 16.3 Å². The Morgan fingerprint density at radius 1 is 1.03 bits per heavy atom. The van der Waals surface area contributed by atoms with Crippen LogP contribution in [0.3, 0.4) is 0 Å². The summed E-state index contributed by atoms with van der Waals surface area (Å²) in [5.74, 6) is -0.498. The SMILES string of the molecule is CCc1ccc(N(CCCC(=O)N(Cc2ccc(Cl)cc2)[C@@H](C)C(=O)NC)S(C)(=O)=O)cc1. The van der Waals surface area contributed by atoms with Gasteiger partial charge in [0.05, 0.1) is 11.9 Å². The highest BCUT2D eigenvalue weighted by molar-refractivity contribution is 7.92. The molecule has 0 spiro atoms. The van der Waals surface area contributed by atoms with Crippen LogP contribution in [0.25, 0.3) is 0 Å². The van der Waals surface area contributed by atoms with Crippen molar-refractivity contribution in [3.05, 3.63) is 64.7 Å². The minimum Gasteiger partial charge on any atom is -0.357 e. The number of hydrogen-bond acceptors (Lipinski definition) is 4. The van der Waals surface area contributed by atoms with Gasteiger partial charge in [-0.25, -0.2) is 8.42 Å². The first-order chi connectivity index (χ1) is 15.6. The first-order valence-electron chi connectivity index (χ1n) is 10.9. The lowest BCUT2D eigenvalue weighted by atomic mass is 10.1. The van der Waals surface area contributed by atoms with Crippen LogP contribution in [0.1, 0.15) is 37.8 Å². The number of hydrogen-bond donors (Lipinski definition) is 1. The van der Waals surface area contributed by atoms with Crippen molar-refractivity contribution in [2.75, 3.05) is 24.2 Å². The van der Waals surface area contributed by atoms with Gasteiger partial charge in [0.2, 0.25) is 21.8 Å². The third kappa shape index (κ3) is 7.75. The molecule has 0 fully saturated rings. The number of halogens is 1. The van der Waals surface area contributed by atoms with Crippen LogP contribution in [-0.2, 0) is 32.6 Å². The standard InChI is InChI=1S/C24H32ClN3O4S/c1-5-19-10-14-22(15-11-19)28(33(4,31)32)16-6-7-23(29)27(18(2)24(30)26-3)17-20-8-12-21(25)13-9-20/h8-15,18H,5-7,16-17H2,1-4H3,(H,26,30)/t18-/m0/s1. The van der Waals surface area contributed by atoms with Crippen molar-refractivity contribution in [2.24, 2.45) is 0 Å². The van der Waals surface area contributed by atoms with Gasteiger partial charge in [-0.2, -0.15) is 0 Å². The quantitative estimate of drug-likeness (QED) is 0.518. The average Bonchev–Trinajstić information content (AvgIpc) is 2.79. The Morgan fingerprint density at radius 3 is 2.12 bits per heavy atom. The normalized spacial score (nSPS) is 12.2. The topological polar surface area (TPSA) is 86.8 Å². The molecule has 0 saturated carbocycles. The van der Waals surface area contributed by atoms with Crippen LogP contribution in [0.2, 0.25) is 5.02 Å². The summed E-state index contributed by atoms with van der Waals surface area (Å²) in [5.41, 5.74) is 2.53. The molecule has 9 heteroatoms. The van der Waals surface area contributed by atoms with E-state index in [0.29, 0.717) is 17.1 Å². The minimum absolute atomic E-state index is 0.105. The highest BCUT2D eigenvalue weighted by Crippen LogP contribution is 2.20. The number of benzene rings is 2. The summed E-state index contributed by atoms with van der Waals surface area (Å²) >= 11 is 5.95. The van der Waals surface area contributed by atoms with Gasteiger partial charge in [0.25, 0.3) is 0 Å². The van der Waals surface area contributed by atoms with Crippen LogP contribution >= 0.6 is 11.6 Å². The molecule has 0 heterocycles. The first kappa shape index (κ1) is 26.7. The fourth-order valence-corrected chi connectivity index (χ4v) is 4.57. The van der Waals surface area contributed by atoms with E-state index in [2.05, 4.69) is 5.32 Å². The van der Waals surface area contributed by atoms with Crippen molar-refractivity contribution in [1.29, 1.82) is 0 Å². The minimum atomic E-state index is -3.51. The molecule has 33 heavy (non-hydrogen) atoms. The van der Waals surface area contributed by atoms with Gasteiger partial charge in [-0.05, 0) is 55.2 Å². The van der Waals surface area contributed by atoms with E-state index in [0.717, 1.165) is 23.8 Å². The molecule has 0 aliphatic rings. The van der Waals surface area contributed by atoms with E-state index in [1.807, 2.05) is 31.2 Å². The fourth-order valence-electron chi connectivity index (χ4n) is 3.48. The molecule has 2 amide bonds. The zero-order valence-electron chi connectivity index (χ0n) is 19.5. The van der Waals surface area contributed by atoms with Crippen molar-refractivity contribution in [3.63, 3.8) is 0 Å². The monoisotopic (exact) mass is 493 g/mol. The lowest BCUT2D eigenvalue weighted by Crippen LogP contribution is -2.46. The summed E-state index contributed by atoms with van der Waals surface area (Å²) in [6.07, 6.45) is 2.44. The van der Waals surface area contributed by atoms with Gasteiger partial charge < -0.3 is 10.2 Å². The van der Waals surface area contributed by atoms with E-state index in [-0.39, 0.29) is 31.3 Å². The van der Waals surface area contributed by atoms with Crippen LogP contribution in [0, 0.1) is 0 Å². The van der Waals surface area contributed by atoms with Gasteiger partial charge in [-0.15, -0.1) is 0 Å². The second-order valence-electron chi connectivity index (χ2n) is 7.90. The van der Waals surface area contributed by atoms with Gasteiger partial charge in [0, 0.05) is 31.6 Å². The molecule has 0 aromatic heterocycles. The molecule has 0 aliphatic carbocycles. The number of aryl methyl sites for hydroxylation is 1. The number of amides is 2. The maximum Gasteiger partial charge on any atom is 0.242 e. The van der Waals surface area contributed by atoms with Crippen molar-refractivity contribution in [1.82, 2.24) is 10.2 Å². The maximum atomic E-state index is 13.1. The Morgan fingerprint density at radius 2 is 1.61 bits per heavy atom. The number of nitrogens with zero attached hydrogens (tertiary/aromatic N) is 2. The zero-order valence-corrected chi connectivity index (χ0v) is 21.1. The second-order valence-corrected chi connectivity index (χ2v) is 10.2. The van der Waals surface area contributed by atoms with E-state index < -0.39 is 16.1 Å². The van der Waals surface area contributed by atoms with Gasteiger partial charge in [0.1, 0.15) is 6.04 Å². The predicted octanol–water partition coefficient (Wildman–Crippen LogP) is 3.61. The van der Waals surface area contributed by atoms with E-state index in [4.69, 9.17) is 11.6 Å². The van der Waals surface area contributed by atoms with Crippen molar-refractivity contribution >= 4 is 39.1 Å². The fraction of sp³-hybridized carbons (Fsp3) is 0.417. The summed E-state index contributed by atoms with van der Waals surface area (Å²) in [5, 5.41) is 3.17. The zero-order chi connectivity index (χ0) is 24.6. The molecule has 1 atom stereocenters. The lowest BCUT2D eigenvalue weighted by molar-refractivity contribution is -0.140. The molecule has 1 N–H and O–H groups in total.